The quantitative estimate of drug-likeness (QED) is 0.276. The van der Waals surface area contributed by atoms with Crippen LogP contribution < -0.4 is 5.32 Å². The zero-order valence-corrected chi connectivity index (χ0v) is 31.2. The minimum Gasteiger partial charge on any atom is -0.480 e. The molecule has 9 atom stereocenters. The Morgan fingerprint density at radius 3 is 2.24 bits per heavy atom. The zero-order valence-electron chi connectivity index (χ0n) is 30.4. The standard InChI is InChI=1S/C40H60N2O6S/c1-26-28(27-22-38(23-27)24-39(25-38,33(43)44)34(45)46)9-12-35(2)29(26)10-13-37(4)32(35)8-7-30-31-6-5-11-40(31,15-14-36(30,37)3)41-16-17-42-18-20-49(47,48)21-19-42/h9,12,26,29-32,41H,5-8,10-11,13-25H2,1-4H3,(H,43,44)(H,45,46)/t26?,29?,30-,31-,32?,35+,36-,37-,40+/m1/s1. The number of hydrogen-bond donors (Lipinski definition) is 3. The molecule has 0 aromatic carbocycles. The minimum atomic E-state index is -2.85. The maximum Gasteiger partial charge on any atom is 0.321 e. The largest absolute Gasteiger partial charge is 0.480 e. The molecule has 9 heteroatoms. The molecule has 3 unspecified atom stereocenters. The number of hydrogen-bond acceptors (Lipinski definition) is 6. The first-order valence-electron chi connectivity index (χ1n) is 19.6. The summed E-state index contributed by atoms with van der Waals surface area (Å²) in [6, 6.07) is 0. The normalized spacial score (nSPS) is 46.1. The fourth-order valence-electron chi connectivity index (χ4n) is 14.7. The summed E-state index contributed by atoms with van der Waals surface area (Å²) in [6.45, 7) is 13.6. The lowest BCUT2D eigenvalue weighted by Gasteiger charge is -2.71. The maximum absolute atomic E-state index is 11.9. The van der Waals surface area contributed by atoms with E-state index in [1.807, 2.05) is 0 Å². The molecule has 8 rings (SSSR count). The van der Waals surface area contributed by atoms with Crippen molar-refractivity contribution in [1.29, 1.82) is 0 Å². The van der Waals surface area contributed by atoms with Crippen LogP contribution in [0.1, 0.15) is 111 Å². The van der Waals surface area contributed by atoms with Crippen molar-refractivity contribution >= 4 is 21.8 Å². The molecule has 49 heavy (non-hydrogen) atoms. The Labute approximate surface area is 293 Å². The maximum atomic E-state index is 11.9. The summed E-state index contributed by atoms with van der Waals surface area (Å²) in [5.41, 5.74) is 2.22. The fraction of sp³-hybridized carbons (Fsp3) is 0.850. The molecule has 0 aromatic rings. The third kappa shape index (κ3) is 4.82. The van der Waals surface area contributed by atoms with Crippen molar-refractivity contribution in [2.75, 3.05) is 37.7 Å². The highest BCUT2D eigenvalue weighted by Crippen LogP contribution is 2.75. The zero-order chi connectivity index (χ0) is 34.8. The van der Waals surface area contributed by atoms with Gasteiger partial charge in [0.25, 0.3) is 0 Å². The summed E-state index contributed by atoms with van der Waals surface area (Å²) in [4.78, 5) is 26.0. The van der Waals surface area contributed by atoms with Crippen LogP contribution in [0.2, 0.25) is 0 Å². The van der Waals surface area contributed by atoms with Crippen LogP contribution in [0.4, 0.5) is 0 Å². The van der Waals surface area contributed by atoms with Gasteiger partial charge in [0.05, 0.1) is 11.5 Å². The SMILES string of the molecule is CC1C(=C2CC3(C2)CC(C(=O)O)(C(=O)O)C3)C=C[C@@]2(C)C1CC[C@]1(C)C2CC[C@@H]2[C@H]3CCC[C@]3(NCCN3CCS(=O)(=O)CC3)CC[C@]21C. The predicted octanol–water partition coefficient (Wildman–Crippen LogP) is 6.33. The molecule has 6 saturated carbocycles. The Kier molecular flexibility index (Phi) is 7.82. The average molecular weight is 697 g/mol. The second-order valence-corrected chi connectivity index (χ2v) is 21.5. The topological polar surface area (TPSA) is 124 Å². The van der Waals surface area contributed by atoms with Crippen molar-refractivity contribution in [3.05, 3.63) is 23.3 Å². The van der Waals surface area contributed by atoms with E-state index < -0.39 is 27.2 Å². The van der Waals surface area contributed by atoms with Crippen molar-refractivity contribution in [1.82, 2.24) is 10.2 Å². The van der Waals surface area contributed by atoms with E-state index in [1.54, 1.807) is 0 Å². The molecule has 1 spiro atoms. The number of fused-ring (bicyclic) bond motifs is 7. The third-order valence-corrected chi connectivity index (χ3v) is 19.0. The number of carbonyl (C=O) groups is 2. The van der Waals surface area contributed by atoms with Crippen molar-refractivity contribution in [3.8, 4) is 0 Å². The van der Waals surface area contributed by atoms with Crippen LogP contribution in [-0.2, 0) is 19.4 Å². The highest BCUT2D eigenvalue weighted by atomic mass is 32.2. The fourth-order valence-corrected chi connectivity index (χ4v) is 15.9. The van der Waals surface area contributed by atoms with Gasteiger partial charge in [-0.25, -0.2) is 8.42 Å². The number of carboxylic acids is 2. The van der Waals surface area contributed by atoms with Crippen LogP contribution in [0.25, 0.3) is 0 Å². The van der Waals surface area contributed by atoms with Gasteiger partial charge in [0, 0.05) is 31.7 Å². The number of aliphatic carboxylic acids is 2. The van der Waals surface area contributed by atoms with Gasteiger partial charge in [-0.05, 0) is 134 Å². The summed E-state index contributed by atoms with van der Waals surface area (Å²) >= 11 is 0. The minimum absolute atomic E-state index is 0.131. The Hall–Kier alpha value is -1.71. The van der Waals surface area contributed by atoms with Crippen LogP contribution in [0, 0.1) is 56.7 Å². The van der Waals surface area contributed by atoms with Gasteiger partial charge in [-0.2, -0.15) is 0 Å². The van der Waals surface area contributed by atoms with Gasteiger partial charge in [0.1, 0.15) is 0 Å². The first kappa shape index (κ1) is 34.4. The number of nitrogens with zero attached hydrogens (tertiary/aromatic N) is 1. The smallest absolute Gasteiger partial charge is 0.321 e. The number of carboxylic acid groups (broad SMARTS) is 2. The highest BCUT2D eigenvalue weighted by Gasteiger charge is 2.69. The molecule has 0 bridgehead atoms. The van der Waals surface area contributed by atoms with E-state index in [2.05, 4.69) is 50.1 Å². The Bertz CT molecular complexity index is 1560. The van der Waals surface area contributed by atoms with Gasteiger partial charge in [-0.3, -0.25) is 9.59 Å². The van der Waals surface area contributed by atoms with Crippen molar-refractivity contribution in [2.24, 2.45) is 56.7 Å². The van der Waals surface area contributed by atoms with E-state index in [0.717, 1.165) is 37.8 Å². The Morgan fingerprint density at radius 1 is 0.878 bits per heavy atom. The molecule has 7 aliphatic carbocycles. The molecule has 8 nitrogen and oxygen atoms in total. The van der Waals surface area contributed by atoms with E-state index >= 15 is 0 Å². The number of sulfone groups is 1. The van der Waals surface area contributed by atoms with Crippen molar-refractivity contribution in [2.45, 2.75) is 117 Å². The highest BCUT2D eigenvalue weighted by molar-refractivity contribution is 7.91. The van der Waals surface area contributed by atoms with Gasteiger partial charge in [-0.1, -0.05) is 51.8 Å². The Morgan fingerprint density at radius 2 is 1.57 bits per heavy atom. The van der Waals surface area contributed by atoms with Gasteiger partial charge < -0.3 is 20.4 Å². The lowest BCUT2D eigenvalue weighted by Crippen LogP contribution is -2.67. The van der Waals surface area contributed by atoms with Crippen LogP contribution >= 0.6 is 0 Å². The molecule has 3 N–H and O–H groups in total. The second kappa shape index (κ2) is 11.1. The van der Waals surface area contributed by atoms with E-state index in [1.165, 1.54) is 68.9 Å². The summed E-state index contributed by atoms with van der Waals surface area (Å²) in [5, 5.41) is 23.5. The second-order valence-electron chi connectivity index (χ2n) is 19.2. The van der Waals surface area contributed by atoms with E-state index in [0.29, 0.717) is 53.2 Å². The molecule has 1 heterocycles. The first-order chi connectivity index (χ1) is 23.0. The van der Waals surface area contributed by atoms with Crippen molar-refractivity contribution in [3.63, 3.8) is 0 Å². The van der Waals surface area contributed by atoms with Gasteiger partial charge in [0.2, 0.25) is 0 Å². The van der Waals surface area contributed by atoms with Crippen LogP contribution in [0.5, 0.6) is 0 Å². The van der Waals surface area contributed by atoms with Gasteiger partial charge >= 0.3 is 11.9 Å². The van der Waals surface area contributed by atoms with Crippen LogP contribution in [-0.4, -0.2) is 78.7 Å². The molecule has 1 saturated heterocycles. The first-order valence-corrected chi connectivity index (χ1v) is 21.4. The average Bonchev–Trinajstić information content (AvgIpc) is 3.42. The molecule has 7 fully saturated rings. The van der Waals surface area contributed by atoms with E-state index in [-0.39, 0.29) is 29.2 Å². The molecular weight excluding hydrogens is 637 g/mol. The number of rotatable bonds is 6. The monoisotopic (exact) mass is 696 g/mol. The molecular formula is C40H60N2O6S. The molecule has 8 aliphatic rings. The summed E-state index contributed by atoms with van der Waals surface area (Å²) in [6.07, 6.45) is 19.0. The van der Waals surface area contributed by atoms with Crippen LogP contribution in [0.3, 0.4) is 0 Å². The summed E-state index contributed by atoms with van der Waals surface area (Å²) < 4.78 is 23.9. The molecule has 0 amide bonds. The molecule has 0 radical (unpaired) electrons. The molecule has 1 aliphatic heterocycles. The summed E-state index contributed by atoms with van der Waals surface area (Å²) in [7, 11) is -2.85. The Balaban J connectivity index is 0.971. The molecule has 0 aromatic heterocycles. The lowest BCUT2D eigenvalue weighted by atomic mass is 9.34. The van der Waals surface area contributed by atoms with Gasteiger partial charge in [-0.15, -0.1) is 0 Å². The summed E-state index contributed by atoms with van der Waals surface area (Å²) in [5.74, 6) is 1.47. The third-order valence-electron chi connectivity index (χ3n) is 17.4. The van der Waals surface area contributed by atoms with Crippen LogP contribution in [0.15, 0.2) is 23.3 Å². The lowest BCUT2D eigenvalue weighted by molar-refractivity contribution is -0.201. The van der Waals surface area contributed by atoms with Gasteiger partial charge in [0.15, 0.2) is 15.3 Å². The number of nitrogens with one attached hydrogen (secondary N) is 1. The van der Waals surface area contributed by atoms with E-state index in [9.17, 15) is 28.2 Å². The number of allylic oxidation sites excluding steroid dienone is 4. The van der Waals surface area contributed by atoms with E-state index in [4.69, 9.17) is 0 Å². The van der Waals surface area contributed by atoms with Crippen molar-refractivity contribution < 1.29 is 28.2 Å². The predicted molar refractivity (Wildman–Crippen MR) is 190 cm³/mol. The molecule has 272 valence electrons.